The topological polar surface area (TPSA) is 91.3 Å². The highest BCUT2D eigenvalue weighted by molar-refractivity contribution is 7.13. The summed E-state index contributed by atoms with van der Waals surface area (Å²) in [6.07, 6.45) is 4.84. The fourth-order valence-corrected chi connectivity index (χ4v) is 3.56. The van der Waals surface area contributed by atoms with E-state index < -0.39 is 5.97 Å². The van der Waals surface area contributed by atoms with E-state index >= 15 is 0 Å². The second-order valence-corrected chi connectivity index (χ2v) is 6.57. The van der Waals surface area contributed by atoms with Crippen molar-refractivity contribution in [2.75, 3.05) is 0 Å². The third-order valence-corrected chi connectivity index (χ3v) is 5.05. The van der Waals surface area contributed by atoms with Crippen molar-refractivity contribution in [1.82, 2.24) is 15.6 Å². The molecule has 0 spiro atoms. The van der Waals surface area contributed by atoms with E-state index in [2.05, 4.69) is 15.6 Å². The van der Waals surface area contributed by atoms with E-state index in [-0.39, 0.29) is 23.5 Å². The van der Waals surface area contributed by atoms with Gasteiger partial charge in [0, 0.05) is 6.04 Å². The van der Waals surface area contributed by atoms with Crippen molar-refractivity contribution < 1.29 is 14.7 Å². The first-order valence-corrected chi connectivity index (χ1v) is 8.03. The van der Waals surface area contributed by atoms with Gasteiger partial charge in [-0.3, -0.25) is 0 Å². The van der Waals surface area contributed by atoms with Crippen LogP contribution in [0, 0.1) is 12.8 Å². The monoisotopic (exact) mass is 311 g/mol. The van der Waals surface area contributed by atoms with E-state index in [0.717, 1.165) is 11.3 Å². The lowest BCUT2D eigenvalue weighted by molar-refractivity contribution is 0.0701. The molecule has 1 heterocycles. The van der Waals surface area contributed by atoms with Crippen LogP contribution in [0.1, 0.15) is 53.0 Å². The van der Waals surface area contributed by atoms with Gasteiger partial charge in [-0.05, 0) is 32.6 Å². The van der Waals surface area contributed by atoms with Crippen LogP contribution in [-0.4, -0.2) is 28.1 Å². The largest absolute Gasteiger partial charge is 0.477 e. The van der Waals surface area contributed by atoms with Crippen LogP contribution in [0.2, 0.25) is 0 Å². The van der Waals surface area contributed by atoms with Crippen LogP contribution < -0.4 is 10.6 Å². The summed E-state index contributed by atoms with van der Waals surface area (Å²) < 4.78 is 0. The van der Waals surface area contributed by atoms with E-state index in [1.165, 1.54) is 25.7 Å². The molecule has 21 heavy (non-hydrogen) atoms. The molecule has 1 aromatic heterocycles. The predicted molar refractivity (Wildman–Crippen MR) is 80.6 cm³/mol. The lowest BCUT2D eigenvalue weighted by Gasteiger charge is -2.20. The number of aromatic nitrogens is 1. The number of nitrogens with one attached hydrogen (secondary N) is 2. The Labute approximate surface area is 128 Å². The molecule has 1 aliphatic carbocycles. The van der Waals surface area contributed by atoms with Gasteiger partial charge in [-0.2, -0.15) is 0 Å². The molecular weight excluding hydrogens is 290 g/mol. The summed E-state index contributed by atoms with van der Waals surface area (Å²) in [7, 11) is 0. The molecule has 3 N–H and O–H groups in total. The minimum atomic E-state index is -0.976. The van der Waals surface area contributed by atoms with E-state index in [0.29, 0.717) is 16.6 Å². The molecule has 116 valence electrons. The molecule has 1 aliphatic rings. The average Bonchev–Trinajstić information content (AvgIpc) is 3.05. The zero-order valence-corrected chi connectivity index (χ0v) is 13.1. The van der Waals surface area contributed by atoms with Gasteiger partial charge < -0.3 is 15.7 Å². The Morgan fingerprint density at radius 2 is 2.10 bits per heavy atom. The van der Waals surface area contributed by atoms with E-state index in [1.807, 2.05) is 6.92 Å². The third kappa shape index (κ3) is 4.17. The van der Waals surface area contributed by atoms with Gasteiger partial charge in [-0.25, -0.2) is 14.6 Å². The molecule has 1 saturated carbocycles. The normalized spacial score (nSPS) is 16.7. The molecule has 2 rings (SSSR count). The second-order valence-electron chi connectivity index (χ2n) is 5.49. The Bertz CT molecular complexity index is 524. The average molecular weight is 311 g/mol. The summed E-state index contributed by atoms with van der Waals surface area (Å²) in [6.45, 7) is 3.94. The van der Waals surface area contributed by atoms with Crippen LogP contribution in [0.15, 0.2) is 0 Å². The number of carboxylic acids is 1. The quantitative estimate of drug-likeness (QED) is 0.779. The van der Waals surface area contributed by atoms with Gasteiger partial charge in [0.2, 0.25) is 0 Å². The van der Waals surface area contributed by atoms with Gasteiger partial charge in [-0.1, -0.05) is 12.8 Å². The number of hydrogen-bond acceptors (Lipinski definition) is 4. The molecule has 0 radical (unpaired) electrons. The lowest BCUT2D eigenvalue weighted by atomic mass is 10.0. The number of hydrogen-bond donors (Lipinski definition) is 3. The highest BCUT2D eigenvalue weighted by Crippen LogP contribution is 2.27. The number of rotatable bonds is 5. The minimum Gasteiger partial charge on any atom is -0.477 e. The molecule has 0 saturated heterocycles. The SMILES string of the molecule is Cc1nc(CNC(=O)NC(C)C2CCCC2)sc1C(=O)O. The van der Waals surface area contributed by atoms with Crippen LogP contribution in [0.25, 0.3) is 0 Å². The molecular formula is C14H21N3O3S. The number of carbonyl (C=O) groups is 2. The number of nitrogens with zero attached hydrogens (tertiary/aromatic N) is 1. The van der Waals surface area contributed by atoms with E-state index in [1.54, 1.807) is 6.92 Å². The highest BCUT2D eigenvalue weighted by atomic mass is 32.1. The molecule has 1 atom stereocenters. The van der Waals surface area contributed by atoms with E-state index in [4.69, 9.17) is 5.11 Å². The van der Waals surface area contributed by atoms with Crippen molar-refractivity contribution in [2.45, 2.75) is 52.1 Å². The Balaban J connectivity index is 1.80. The summed E-state index contributed by atoms with van der Waals surface area (Å²) in [5.74, 6) is -0.410. The van der Waals surface area contributed by atoms with Crippen molar-refractivity contribution >= 4 is 23.3 Å². The maximum atomic E-state index is 11.8. The molecule has 0 aliphatic heterocycles. The number of aromatic carboxylic acids is 1. The molecule has 0 aromatic carbocycles. The molecule has 7 heteroatoms. The van der Waals surface area contributed by atoms with Crippen LogP contribution in [0.4, 0.5) is 4.79 Å². The number of aryl methyl sites for hydroxylation is 1. The zero-order chi connectivity index (χ0) is 15.4. The zero-order valence-electron chi connectivity index (χ0n) is 12.3. The summed E-state index contributed by atoms with van der Waals surface area (Å²) in [4.78, 5) is 27.2. The second kappa shape index (κ2) is 6.89. The van der Waals surface area contributed by atoms with Gasteiger partial charge in [0.1, 0.15) is 9.88 Å². The van der Waals surface area contributed by atoms with Crippen LogP contribution in [0.5, 0.6) is 0 Å². The van der Waals surface area contributed by atoms with E-state index in [9.17, 15) is 9.59 Å². The Hall–Kier alpha value is -1.63. The Morgan fingerprint density at radius 3 is 2.67 bits per heavy atom. The van der Waals surface area contributed by atoms with Crippen molar-refractivity contribution in [3.8, 4) is 0 Å². The third-order valence-electron chi connectivity index (χ3n) is 3.90. The maximum absolute atomic E-state index is 11.8. The molecule has 1 aromatic rings. The highest BCUT2D eigenvalue weighted by Gasteiger charge is 2.22. The summed E-state index contributed by atoms with van der Waals surface area (Å²) >= 11 is 1.10. The first-order chi connectivity index (χ1) is 9.97. The first kappa shape index (κ1) is 15.8. The summed E-state index contributed by atoms with van der Waals surface area (Å²) in [5, 5.41) is 15.3. The standard InChI is InChI=1S/C14H21N3O3S/c1-8(10-5-3-4-6-10)17-14(20)15-7-11-16-9(2)12(21-11)13(18)19/h8,10H,3-7H2,1-2H3,(H,18,19)(H2,15,17,20). The Kier molecular flexibility index (Phi) is 5.17. The summed E-state index contributed by atoms with van der Waals surface area (Å²) in [6, 6.07) is -0.0563. The van der Waals surface area contributed by atoms with Crippen LogP contribution in [-0.2, 0) is 6.54 Å². The van der Waals surface area contributed by atoms with Gasteiger partial charge >= 0.3 is 12.0 Å². The van der Waals surface area contributed by atoms with Gasteiger partial charge in [0.25, 0.3) is 0 Å². The molecule has 0 bridgehead atoms. The number of carbonyl (C=O) groups excluding carboxylic acids is 1. The van der Waals surface area contributed by atoms with Gasteiger partial charge in [0.05, 0.1) is 12.2 Å². The van der Waals surface area contributed by atoms with Crippen LogP contribution in [0.3, 0.4) is 0 Å². The van der Waals surface area contributed by atoms with Crippen molar-refractivity contribution in [3.63, 3.8) is 0 Å². The number of carboxylic acid groups (broad SMARTS) is 1. The smallest absolute Gasteiger partial charge is 0.347 e. The van der Waals surface area contributed by atoms with Crippen molar-refractivity contribution in [2.24, 2.45) is 5.92 Å². The number of amides is 2. The van der Waals surface area contributed by atoms with Crippen molar-refractivity contribution in [1.29, 1.82) is 0 Å². The molecule has 6 nitrogen and oxygen atoms in total. The maximum Gasteiger partial charge on any atom is 0.347 e. The molecule has 1 unspecified atom stereocenters. The number of thiazole rings is 1. The predicted octanol–water partition coefficient (Wildman–Crippen LogP) is 2.53. The number of urea groups is 1. The lowest BCUT2D eigenvalue weighted by Crippen LogP contribution is -2.43. The molecule has 1 fully saturated rings. The summed E-state index contributed by atoms with van der Waals surface area (Å²) in [5.41, 5.74) is 0.490. The van der Waals surface area contributed by atoms with Gasteiger partial charge in [-0.15, -0.1) is 11.3 Å². The van der Waals surface area contributed by atoms with Crippen LogP contribution >= 0.6 is 11.3 Å². The first-order valence-electron chi connectivity index (χ1n) is 7.21. The fraction of sp³-hybridized carbons (Fsp3) is 0.643. The fourth-order valence-electron chi connectivity index (χ4n) is 2.72. The van der Waals surface area contributed by atoms with Gasteiger partial charge in [0.15, 0.2) is 0 Å². The minimum absolute atomic E-state index is 0.167. The van der Waals surface area contributed by atoms with Crippen molar-refractivity contribution in [3.05, 3.63) is 15.6 Å². The molecule has 2 amide bonds. The Morgan fingerprint density at radius 1 is 1.43 bits per heavy atom.